The molecule has 1 heterocycles. The Labute approximate surface area is 135 Å². The third-order valence-corrected chi connectivity index (χ3v) is 3.50. The van der Waals surface area contributed by atoms with E-state index in [0.717, 1.165) is 6.42 Å². The summed E-state index contributed by atoms with van der Waals surface area (Å²) in [7, 11) is 1.51. The average Bonchev–Trinajstić information content (AvgIpc) is 2.52. The molecular weight excluding hydrogens is 300 g/mol. The molecule has 23 heavy (non-hydrogen) atoms. The number of amides is 1. The molecule has 0 aliphatic rings. The fourth-order valence-corrected chi connectivity index (χ4v) is 2.29. The highest BCUT2D eigenvalue weighted by Crippen LogP contribution is 2.18. The van der Waals surface area contributed by atoms with Crippen LogP contribution in [0.4, 0.5) is 11.5 Å². The van der Waals surface area contributed by atoms with E-state index in [1.807, 2.05) is 13.8 Å². The van der Waals surface area contributed by atoms with Gasteiger partial charge in [0.2, 0.25) is 5.91 Å². The Balaban J connectivity index is 3.34. The van der Waals surface area contributed by atoms with Crippen LogP contribution in [0.25, 0.3) is 0 Å². The lowest BCUT2D eigenvalue weighted by atomic mass is 10.2. The molecule has 0 fully saturated rings. The third-order valence-electron chi connectivity index (χ3n) is 3.50. The first kappa shape index (κ1) is 19.0. The SMILES string of the molecule is CCCCC(=O)N(CCOC)c1c(N)n(CCC)c(=O)[nH]c1=O. The number of anilines is 2. The molecule has 1 aromatic rings. The number of nitrogen functional groups attached to an aromatic ring is 1. The zero-order chi connectivity index (χ0) is 17.4. The lowest BCUT2D eigenvalue weighted by molar-refractivity contribution is -0.118. The van der Waals surface area contributed by atoms with E-state index in [1.165, 1.54) is 16.6 Å². The fourth-order valence-electron chi connectivity index (χ4n) is 2.29. The van der Waals surface area contributed by atoms with E-state index in [9.17, 15) is 14.4 Å². The van der Waals surface area contributed by atoms with E-state index in [4.69, 9.17) is 10.5 Å². The molecule has 0 aromatic carbocycles. The van der Waals surface area contributed by atoms with Gasteiger partial charge in [0.25, 0.3) is 5.56 Å². The van der Waals surface area contributed by atoms with Gasteiger partial charge in [0, 0.05) is 26.6 Å². The molecule has 8 heteroatoms. The summed E-state index contributed by atoms with van der Waals surface area (Å²) < 4.78 is 6.30. The summed E-state index contributed by atoms with van der Waals surface area (Å²) >= 11 is 0. The number of nitrogens with one attached hydrogen (secondary N) is 1. The van der Waals surface area contributed by atoms with Crippen LogP contribution in [0.3, 0.4) is 0 Å². The van der Waals surface area contributed by atoms with Crippen molar-refractivity contribution < 1.29 is 9.53 Å². The zero-order valence-corrected chi connectivity index (χ0v) is 14.1. The number of methoxy groups -OCH3 is 1. The number of nitrogens with two attached hydrogens (primary N) is 1. The minimum Gasteiger partial charge on any atom is -0.383 e. The molecule has 0 aliphatic heterocycles. The number of carbonyl (C=O) groups excluding carboxylic acids is 1. The molecule has 0 saturated heterocycles. The topological polar surface area (TPSA) is 110 Å². The summed E-state index contributed by atoms with van der Waals surface area (Å²) in [6.07, 6.45) is 2.57. The molecule has 0 spiro atoms. The number of carbonyl (C=O) groups is 1. The van der Waals surface area contributed by atoms with Gasteiger partial charge in [-0.05, 0) is 12.8 Å². The van der Waals surface area contributed by atoms with Crippen LogP contribution in [0.1, 0.15) is 39.5 Å². The van der Waals surface area contributed by atoms with Crippen LogP contribution >= 0.6 is 0 Å². The van der Waals surface area contributed by atoms with Crippen LogP contribution in [0.15, 0.2) is 9.59 Å². The van der Waals surface area contributed by atoms with E-state index >= 15 is 0 Å². The molecular formula is C15H26N4O4. The van der Waals surface area contributed by atoms with Crippen molar-refractivity contribution in [3.63, 3.8) is 0 Å². The summed E-state index contributed by atoms with van der Waals surface area (Å²) in [5.41, 5.74) is 4.83. The molecule has 0 radical (unpaired) electrons. The van der Waals surface area contributed by atoms with Crippen molar-refractivity contribution in [1.29, 1.82) is 0 Å². The van der Waals surface area contributed by atoms with E-state index in [0.29, 0.717) is 25.8 Å². The standard InChI is InChI=1S/C15H26N4O4/c1-4-6-7-11(20)18(9-10-23-3)12-13(16)19(8-5-2)15(22)17-14(12)21/h4-10,16H2,1-3H3,(H,17,21,22). The van der Waals surface area contributed by atoms with Crippen molar-refractivity contribution in [2.75, 3.05) is 30.9 Å². The smallest absolute Gasteiger partial charge is 0.330 e. The average molecular weight is 326 g/mol. The molecule has 130 valence electrons. The van der Waals surface area contributed by atoms with Crippen LogP contribution in [0.2, 0.25) is 0 Å². The van der Waals surface area contributed by atoms with E-state index in [2.05, 4.69) is 4.98 Å². The predicted molar refractivity (Wildman–Crippen MR) is 89.8 cm³/mol. The van der Waals surface area contributed by atoms with E-state index < -0.39 is 11.2 Å². The maximum atomic E-state index is 12.4. The quantitative estimate of drug-likeness (QED) is 0.694. The molecule has 0 bridgehead atoms. The van der Waals surface area contributed by atoms with Gasteiger partial charge in [-0.3, -0.25) is 19.1 Å². The van der Waals surface area contributed by atoms with Gasteiger partial charge in [-0.1, -0.05) is 20.3 Å². The number of ether oxygens (including phenoxy) is 1. The molecule has 1 amide bonds. The van der Waals surface area contributed by atoms with Gasteiger partial charge < -0.3 is 15.4 Å². The number of H-pyrrole nitrogens is 1. The van der Waals surface area contributed by atoms with Crippen molar-refractivity contribution in [3.8, 4) is 0 Å². The minimum absolute atomic E-state index is 0.0153. The number of aromatic amines is 1. The monoisotopic (exact) mass is 326 g/mol. The van der Waals surface area contributed by atoms with Gasteiger partial charge in [0.05, 0.1) is 6.61 Å². The second kappa shape index (κ2) is 9.14. The normalized spacial score (nSPS) is 10.7. The van der Waals surface area contributed by atoms with Gasteiger partial charge in [0.1, 0.15) is 5.82 Å². The Hall–Kier alpha value is -2.09. The van der Waals surface area contributed by atoms with Crippen molar-refractivity contribution in [2.24, 2.45) is 0 Å². The van der Waals surface area contributed by atoms with Crippen LogP contribution < -0.4 is 21.9 Å². The van der Waals surface area contributed by atoms with Crippen molar-refractivity contribution >= 4 is 17.4 Å². The van der Waals surface area contributed by atoms with Crippen LogP contribution in [0, 0.1) is 0 Å². The maximum Gasteiger partial charge on any atom is 0.330 e. The number of rotatable bonds is 9. The van der Waals surface area contributed by atoms with E-state index in [-0.39, 0.29) is 30.6 Å². The first-order valence-electron chi connectivity index (χ1n) is 7.89. The summed E-state index contributed by atoms with van der Waals surface area (Å²) in [6, 6.07) is 0. The Morgan fingerprint density at radius 3 is 2.57 bits per heavy atom. The largest absolute Gasteiger partial charge is 0.383 e. The number of hydrogen-bond acceptors (Lipinski definition) is 5. The Kier molecular flexibility index (Phi) is 7.53. The predicted octanol–water partition coefficient (Wildman–Crippen LogP) is 0.698. The number of aromatic nitrogens is 2. The molecule has 0 unspecified atom stereocenters. The summed E-state index contributed by atoms with van der Waals surface area (Å²) in [5.74, 6) is -0.190. The van der Waals surface area contributed by atoms with Crippen molar-refractivity contribution in [3.05, 3.63) is 20.8 Å². The first-order chi connectivity index (χ1) is 11.0. The molecule has 0 aliphatic carbocycles. The molecule has 8 nitrogen and oxygen atoms in total. The van der Waals surface area contributed by atoms with Crippen LogP contribution in [0.5, 0.6) is 0 Å². The fraction of sp³-hybridized carbons (Fsp3) is 0.667. The van der Waals surface area contributed by atoms with E-state index in [1.54, 1.807) is 0 Å². The minimum atomic E-state index is -0.652. The van der Waals surface area contributed by atoms with Gasteiger partial charge in [-0.25, -0.2) is 4.79 Å². The molecule has 0 saturated carbocycles. The molecule has 3 N–H and O–H groups in total. The van der Waals surface area contributed by atoms with Gasteiger partial charge in [-0.2, -0.15) is 0 Å². The highest BCUT2D eigenvalue weighted by atomic mass is 16.5. The Bertz CT molecular complexity index is 635. The van der Waals surface area contributed by atoms with Crippen molar-refractivity contribution in [2.45, 2.75) is 46.1 Å². The second-order valence-corrected chi connectivity index (χ2v) is 5.29. The number of hydrogen-bond donors (Lipinski definition) is 2. The number of unbranched alkanes of at least 4 members (excludes halogenated alkanes) is 1. The summed E-state index contributed by atoms with van der Waals surface area (Å²) in [4.78, 5) is 40.1. The van der Waals surface area contributed by atoms with Gasteiger partial charge >= 0.3 is 5.69 Å². The molecule has 0 atom stereocenters. The highest BCUT2D eigenvalue weighted by Gasteiger charge is 2.23. The summed E-state index contributed by atoms with van der Waals surface area (Å²) in [6.45, 7) is 4.72. The molecule has 1 rings (SSSR count). The van der Waals surface area contributed by atoms with Crippen LogP contribution in [-0.4, -0.2) is 35.7 Å². The number of nitrogens with zero attached hydrogens (tertiary/aromatic N) is 2. The molecule has 1 aromatic heterocycles. The van der Waals surface area contributed by atoms with Crippen LogP contribution in [-0.2, 0) is 16.1 Å². The lowest BCUT2D eigenvalue weighted by Gasteiger charge is -2.24. The Morgan fingerprint density at radius 1 is 1.30 bits per heavy atom. The zero-order valence-electron chi connectivity index (χ0n) is 14.1. The van der Waals surface area contributed by atoms with Gasteiger partial charge in [0.15, 0.2) is 5.69 Å². The van der Waals surface area contributed by atoms with Gasteiger partial charge in [-0.15, -0.1) is 0 Å². The maximum absolute atomic E-state index is 12.4. The van der Waals surface area contributed by atoms with Crippen molar-refractivity contribution in [1.82, 2.24) is 9.55 Å². The third kappa shape index (κ3) is 4.69. The second-order valence-electron chi connectivity index (χ2n) is 5.29. The lowest BCUT2D eigenvalue weighted by Crippen LogP contribution is -2.42. The Morgan fingerprint density at radius 2 is 2.00 bits per heavy atom. The summed E-state index contributed by atoms with van der Waals surface area (Å²) in [5, 5.41) is 0. The first-order valence-corrected chi connectivity index (χ1v) is 7.89. The highest BCUT2D eigenvalue weighted by molar-refractivity contribution is 5.95.